The fourth-order valence-corrected chi connectivity index (χ4v) is 4.00. The van der Waals surface area contributed by atoms with Gasteiger partial charge in [-0.15, -0.1) is 0 Å². The first-order valence-electron chi connectivity index (χ1n) is 8.49. The van der Waals surface area contributed by atoms with Gasteiger partial charge in [-0.2, -0.15) is 0 Å². The quantitative estimate of drug-likeness (QED) is 0.802. The molecule has 2 N–H and O–H groups in total. The number of aromatic hydroxyl groups is 1. The van der Waals surface area contributed by atoms with Gasteiger partial charge in [-0.25, -0.2) is 4.79 Å². The van der Waals surface area contributed by atoms with Gasteiger partial charge in [-0.05, 0) is 49.8 Å². The monoisotopic (exact) mass is 330 g/mol. The largest absolute Gasteiger partial charge is 0.508 e. The molecule has 0 amide bonds. The van der Waals surface area contributed by atoms with E-state index in [0.29, 0.717) is 24.2 Å². The van der Waals surface area contributed by atoms with Crippen molar-refractivity contribution in [3.05, 3.63) is 34.9 Å². The molecule has 0 bridgehead atoms. The molecule has 4 nitrogen and oxygen atoms in total. The lowest BCUT2D eigenvalue weighted by Crippen LogP contribution is -2.45. The summed E-state index contributed by atoms with van der Waals surface area (Å²) in [5.41, 5.74) is 1.70. The van der Waals surface area contributed by atoms with Gasteiger partial charge in [0, 0.05) is 23.0 Å². The molecule has 1 heterocycles. The number of phenols is 1. The minimum Gasteiger partial charge on any atom is -0.508 e. The van der Waals surface area contributed by atoms with Crippen molar-refractivity contribution in [2.45, 2.75) is 64.4 Å². The first kappa shape index (κ1) is 16.9. The first-order chi connectivity index (χ1) is 11.0. The van der Waals surface area contributed by atoms with Gasteiger partial charge >= 0.3 is 5.97 Å². The molecule has 0 saturated heterocycles. The van der Waals surface area contributed by atoms with Crippen LogP contribution < -0.4 is 4.74 Å². The molecule has 1 aliphatic carbocycles. The van der Waals surface area contributed by atoms with Crippen molar-refractivity contribution in [3.63, 3.8) is 0 Å². The van der Waals surface area contributed by atoms with Crippen molar-refractivity contribution in [1.82, 2.24) is 0 Å². The van der Waals surface area contributed by atoms with Gasteiger partial charge in [0.05, 0.1) is 0 Å². The highest BCUT2D eigenvalue weighted by Crippen LogP contribution is 2.54. The summed E-state index contributed by atoms with van der Waals surface area (Å²) in [7, 11) is 0. The molecule has 3 rings (SSSR count). The predicted molar refractivity (Wildman–Crippen MR) is 92.7 cm³/mol. The second kappa shape index (κ2) is 5.27. The summed E-state index contributed by atoms with van der Waals surface area (Å²) in [5.74, 6) is 0.158. The first-order valence-corrected chi connectivity index (χ1v) is 8.49. The molecule has 2 aliphatic rings. The number of benzene rings is 1. The van der Waals surface area contributed by atoms with E-state index in [1.807, 2.05) is 19.9 Å². The molecule has 0 saturated carbocycles. The Morgan fingerprint density at radius 1 is 1.29 bits per heavy atom. The van der Waals surface area contributed by atoms with Gasteiger partial charge in [0.15, 0.2) is 0 Å². The summed E-state index contributed by atoms with van der Waals surface area (Å²) in [4.78, 5) is 11.4. The molecule has 0 unspecified atom stereocenters. The lowest BCUT2D eigenvalue weighted by Gasteiger charge is -2.47. The van der Waals surface area contributed by atoms with Crippen LogP contribution in [0.4, 0.5) is 0 Å². The lowest BCUT2D eigenvalue weighted by molar-refractivity contribution is -0.133. The van der Waals surface area contributed by atoms with Crippen LogP contribution in [0, 0.1) is 5.92 Å². The number of ether oxygens (including phenoxy) is 1. The molecule has 24 heavy (non-hydrogen) atoms. The second-order valence-corrected chi connectivity index (χ2v) is 8.55. The molecule has 0 fully saturated rings. The van der Waals surface area contributed by atoms with E-state index in [1.165, 1.54) is 0 Å². The van der Waals surface area contributed by atoms with Crippen LogP contribution in [0.3, 0.4) is 0 Å². The fraction of sp³-hybridized carbons (Fsp3) is 0.550. The Balaban J connectivity index is 2.14. The second-order valence-electron chi connectivity index (χ2n) is 8.55. The molecule has 1 aliphatic heterocycles. The van der Waals surface area contributed by atoms with Crippen molar-refractivity contribution in [2.24, 2.45) is 5.92 Å². The van der Waals surface area contributed by atoms with E-state index in [-0.39, 0.29) is 23.0 Å². The molecular formula is C20H26O4. The molecule has 0 radical (unpaired) electrons. The third-order valence-corrected chi connectivity index (χ3v) is 5.44. The summed E-state index contributed by atoms with van der Waals surface area (Å²) in [6, 6.07) is 3.81. The number of fused-ring (bicyclic) bond motifs is 3. The van der Waals surface area contributed by atoms with E-state index in [2.05, 4.69) is 20.8 Å². The van der Waals surface area contributed by atoms with Crippen LogP contribution in [0.5, 0.6) is 11.5 Å². The Bertz CT molecular complexity index is 722. The van der Waals surface area contributed by atoms with Gasteiger partial charge in [0.1, 0.15) is 17.1 Å². The zero-order valence-electron chi connectivity index (χ0n) is 15.0. The third-order valence-electron chi connectivity index (χ3n) is 5.44. The van der Waals surface area contributed by atoms with E-state index >= 15 is 0 Å². The van der Waals surface area contributed by atoms with Gasteiger partial charge in [-0.1, -0.05) is 26.8 Å². The van der Waals surface area contributed by atoms with Crippen LogP contribution in [0.1, 0.15) is 64.5 Å². The zero-order chi connectivity index (χ0) is 17.9. The Labute approximate surface area is 143 Å². The SMILES string of the molecule is CC(C)(C)c1cc(O)c2c(c1)OC(C)(C)[C@@H]1CC=C(C(=O)O)C[C@@H]21. The van der Waals surface area contributed by atoms with E-state index in [1.54, 1.807) is 12.1 Å². The average molecular weight is 330 g/mol. The maximum absolute atomic E-state index is 11.4. The summed E-state index contributed by atoms with van der Waals surface area (Å²) >= 11 is 0. The molecular weight excluding hydrogens is 304 g/mol. The number of hydrogen-bond donors (Lipinski definition) is 2. The van der Waals surface area contributed by atoms with Crippen molar-refractivity contribution in [3.8, 4) is 11.5 Å². The van der Waals surface area contributed by atoms with Crippen LogP contribution in [0.15, 0.2) is 23.8 Å². The number of hydrogen-bond acceptors (Lipinski definition) is 3. The van der Waals surface area contributed by atoms with Crippen molar-refractivity contribution in [2.75, 3.05) is 0 Å². The van der Waals surface area contributed by atoms with Gasteiger partial charge in [0.2, 0.25) is 0 Å². The molecule has 0 spiro atoms. The van der Waals surface area contributed by atoms with Gasteiger partial charge in [0.25, 0.3) is 0 Å². The Kier molecular flexibility index (Phi) is 3.70. The van der Waals surface area contributed by atoms with Crippen LogP contribution >= 0.6 is 0 Å². The standard InChI is InChI=1S/C20H26O4/c1-19(2,3)12-9-15(21)17-13-8-11(18(22)23)6-7-14(13)20(4,5)24-16(17)10-12/h6,9-10,13-14,21H,7-8H2,1-5H3,(H,22,23)/t13-,14-/m1/s1. The number of carbonyl (C=O) groups is 1. The Hall–Kier alpha value is -1.97. The van der Waals surface area contributed by atoms with Crippen molar-refractivity contribution >= 4 is 5.97 Å². The third kappa shape index (κ3) is 2.68. The van der Waals surface area contributed by atoms with Crippen LogP contribution in [-0.2, 0) is 10.2 Å². The van der Waals surface area contributed by atoms with Crippen molar-refractivity contribution < 1.29 is 19.7 Å². The zero-order valence-corrected chi connectivity index (χ0v) is 15.0. The van der Waals surface area contributed by atoms with E-state index < -0.39 is 11.6 Å². The number of carboxylic acids is 1. The maximum atomic E-state index is 11.4. The highest BCUT2D eigenvalue weighted by Gasteiger charge is 2.47. The van der Waals surface area contributed by atoms with E-state index in [0.717, 1.165) is 11.1 Å². The lowest BCUT2D eigenvalue weighted by atomic mass is 9.66. The smallest absolute Gasteiger partial charge is 0.331 e. The minimum absolute atomic E-state index is 0.0335. The molecule has 4 heteroatoms. The van der Waals surface area contributed by atoms with E-state index in [4.69, 9.17) is 4.74 Å². The predicted octanol–water partition coefficient (Wildman–Crippen LogP) is 4.37. The highest BCUT2D eigenvalue weighted by molar-refractivity contribution is 5.87. The van der Waals surface area contributed by atoms with E-state index in [9.17, 15) is 15.0 Å². The summed E-state index contributed by atoms with van der Waals surface area (Å²) in [5, 5.41) is 20.1. The van der Waals surface area contributed by atoms with Crippen molar-refractivity contribution in [1.29, 1.82) is 0 Å². The van der Waals surface area contributed by atoms with Crippen LogP contribution in [0.25, 0.3) is 0 Å². The van der Waals surface area contributed by atoms with Gasteiger partial charge in [-0.3, -0.25) is 0 Å². The topological polar surface area (TPSA) is 66.8 Å². The number of carboxylic acid groups (broad SMARTS) is 1. The molecule has 2 atom stereocenters. The number of allylic oxidation sites excluding steroid dienone is 1. The summed E-state index contributed by atoms with van der Waals surface area (Å²) in [6.07, 6.45) is 2.89. The number of rotatable bonds is 1. The Morgan fingerprint density at radius 3 is 2.54 bits per heavy atom. The summed E-state index contributed by atoms with van der Waals surface area (Å²) in [6.45, 7) is 10.4. The number of aliphatic carboxylic acids is 1. The molecule has 1 aromatic rings. The van der Waals surface area contributed by atoms with Crippen LogP contribution in [-0.4, -0.2) is 21.8 Å². The maximum Gasteiger partial charge on any atom is 0.331 e. The molecule has 0 aromatic heterocycles. The molecule has 1 aromatic carbocycles. The van der Waals surface area contributed by atoms with Gasteiger partial charge < -0.3 is 14.9 Å². The highest BCUT2D eigenvalue weighted by atomic mass is 16.5. The van der Waals surface area contributed by atoms with Crippen LogP contribution in [0.2, 0.25) is 0 Å². The molecule has 130 valence electrons. The number of phenolic OH excluding ortho intramolecular Hbond substituents is 1. The average Bonchev–Trinajstić information content (AvgIpc) is 2.44. The summed E-state index contributed by atoms with van der Waals surface area (Å²) < 4.78 is 6.26. The Morgan fingerprint density at radius 2 is 1.96 bits per heavy atom. The fourth-order valence-electron chi connectivity index (χ4n) is 4.00. The minimum atomic E-state index is -0.870. The normalized spacial score (nSPS) is 25.1.